The summed E-state index contributed by atoms with van der Waals surface area (Å²) in [7, 11) is -8.26. The number of hydrogen-bond donors (Lipinski definition) is 10. The number of carbonyl (C=O) groups is 9. The fourth-order valence-corrected chi connectivity index (χ4v) is 18.8. The number of halogens is 4. The number of nitrogens with one attached hydrogen (secondary N) is 3. The van der Waals surface area contributed by atoms with E-state index in [4.69, 9.17) is 85.5 Å². The minimum atomic E-state index is -4.29. The van der Waals surface area contributed by atoms with Crippen molar-refractivity contribution in [2.24, 2.45) is 22.5 Å². The molecule has 0 spiro atoms. The van der Waals surface area contributed by atoms with Gasteiger partial charge in [0.05, 0.1) is 53.8 Å². The molecule has 3 fully saturated rings. The minimum Gasteiger partial charge on any atom is -0.480 e. The zero-order chi connectivity index (χ0) is 78.4. The lowest BCUT2D eigenvalue weighted by atomic mass is 9.44. The fraction of sp³-hybridized carbons (Fsp3) is 0.580. The number of benzene rings is 3. The third kappa shape index (κ3) is 20.7. The molecule has 0 aromatic heterocycles. The van der Waals surface area contributed by atoms with Gasteiger partial charge in [-0.2, -0.15) is 0 Å². The number of rotatable bonds is 33. The number of aliphatic hydroxyl groups is 4. The Morgan fingerprint density at radius 2 is 1.32 bits per heavy atom. The Kier molecular flexibility index (Phi) is 31.0. The molecule has 2 bridgehead atoms. The zero-order valence-corrected chi connectivity index (χ0v) is 63.9. The van der Waals surface area contributed by atoms with Gasteiger partial charge in [-0.15, -0.1) is 46.4 Å². The van der Waals surface area contributed by atoms with Crippen LogP contribution >= 0.6 is 54.1 Å². The molecule has 30 nitrogen and oxygen atoms in total. The van der Waals surface area contributed by atoms with Gasteiger partial charge in [-0.25, -0.2) is 36.9 Å². The number of aliphatic hydroxyl groups excluding tert-OH is 3. The summed E-state index contributed by atoms with van der Waals surface area (Å²) in [5.41, 5.74) is -2.52. The van der Waals surface area contributed by atoms with E-state index in [0.717, 1.165) is 6.92 Å². The molecular weight excluding hydrogens is 1500 g/mol. The van der Waals surface area contributed by atoms with E-state index in [1.165, 1.54) is 59.6 Å². The Bertz CT molecular complexity index is 3740. The quantitative estimate of drug-likeness (QED) is 0.0127. The van der Waals surface area contributed by atoms with Crippen LogP contribution in [0, 0.1) is 16.7 Å². The SMILES string of the molecule is CC(=O)O[C@@]12CO[C@@H]1C[C@H](O)[C@@]1(C)C(=O)[C@H](O)C3=C(C)[C@@H](OC(=O)[C@H](O)[C@@H](NC(=O)OC(C)(C)C)c4ccccc4)C[C@@](O)([C@@H](OC(=O)c4ccccc4)C12)C3(C)C.N[C@@H](CCC(=O)N[C@@H](CS(=O)(=O)CCOP(=O)(N(CCCl)CCCl)N(CCCl)CCCl)C(=O)N[C@@H](C(=O)O)c1ccccc1)C(=O)O. The van der Waals surface area contributed by atoms with Gasteiger partial charge < -0.3 is 80.5 Å². The number of Topliss-reactive ketones (excluding diaryl/α,β-unsaturated/α-hetero) is 1. The minimum absolute atomic E-state index is 0.0479. The number of carbonyl (C=O) groups excluding carboxylic acids is 7. The third-order valence-corrected chi connectivity index (χ3v) is 24.1. The van der Waals surface area contributed by atoms with Crippen LogP contribution < -0.4 is 21.7 Å². The fourth-order valence-electron chi connectivity index (χ4n) is 13.7. The van der Waals surface area contributed by atoms with Gasteiger partial charge in [0.2, 0.25) is 11.8 Å². The highest BCUT2D eigenvalue weighted by Gasteiger charge is 2.78. The highest BCUT2D eigenvalue weighted by molar-refractivity contribution is 7.91. The lowest BCUT2D eigenvalue weighted by Crippen LogP contribution is -2.81. The predicted molar refractivity (Wildman–Crippen MR) is 384 cm³/mol. The van der Waals surface area contributed by atoms with Crippen molar-refractivity contribution < 1.29 is 115 Å². The summed E-state index contributed by atoms with van der Waals surface area (Å²) in [4.78, 5) is 118. The number of nitrogens with two attached hydrogens (primary N) is 1. The summed E-state index contributed by atoms with van der Waals surface area (Å²) < 4.78 is 78.7. The molecule has 3 aliphatic carbocycles. The Morgan fingerprint density at radius 3 is 1.81 bits per heavy atom. The first kappa shape index (κ1) is 87.5. The van der Waals surface area contributed by atoms with Crippen LogP contribution in [0.25, 0.3) is 0 Å². The second kappa shape index (κ2) is 37.1. The summed E-state index contributed by atoms with van der Waals surface area (Å²) in [5.74, 6) is -11.8. The van der Waals surface area contributed by atoms with Gasteiger partial charge >= 0.3 is 43.6 Å². The van der Waals surface area contributed by atoms with Crippen LogP contribution in [0.2, 0.25) is 0 Å². The highest BCUT2D eigenvalue weighted by atomic mass is 35.5. The van der Waals surface area contributed by atoms with E-state index < -0.39 is 196 Å². The van der Waals surface area contributed by atoms with Crippen LogP contribution in [-0.2, 0) is 76.2 Å². The van der Waals surface area contributed by atoms with Crippen molar-refractivity contribution in [3.8, 4) is 0 Å². The molecular formula is C69H93Cl4N6O24PS. The number of ether oxygens (including phenoxy) is 5. The van der Waals surface area contributed by atoms with Crippen LogP contribution in [0.1, 0.15) is 115 Å². The predicted octanol–water partition coefficient (Wildman–Crippen LogP) is 4.96. The van der Waals surface area contributed by atoms with Gasteiger partial charge in [-0.1, -0.05) is 92.7 Å². The van der Waals surface area contributed by atoms with Gasteiger partial charge in [0.15, 0.2) is 33.4 Å². The van der Waals surface area contributed by atoms with Crippen molar-refractivity contribution in [3.05, 3.63) is 119 Å². The largest absolute Gasteiger partial charge is 0.480 e. The summed E-state index contributed by atoms with van der Waals surface area (Å²) in [6, 6.07) is 17.4. The molecule has 4 aliphatic rings. The van der Waals surface area contributed by atoms with Crippen molar-refractivity contribution in [1.82, 2.24) is 25.3 Å². The maximum absolute atomic E-state index is 14.9. The number of hydrogen-bond acceptors (Lipinski definition) is 23. The number of carboxylic acids is 2. The summed E-state index contributed by atoms with van der Waals surface area (Å²) in [5, 5.41) is 74.7. The number of ketones is 1. The molecule has 36 heteroatoms. The summed E-state index contributed by atoms with van der Waals surface area (Å²) in [6.45, 7) is 11.5. The van der Waals surface area contributed by atoms with E-state index in [1.807, 2.05) is 0 Å². The van der Waals surface area contributed by atoms with Gasteiger partial charge in [0.25, 0.3) is 0 Å². The smallest absolute Gasteiger partial charge is 0.408 e. The topological polar surface area (TPSA) is 450 Å². The van der Waals surface area contributed by atoms with Gasteiger partial charge in [-0.05, 0) is 75.4 Å². The molecule has 1 saturated heterocycles. The second-order valence-electron chi connectivity index (χ2n) is 27.5. The lowest BCUT2D eigenvalue weighted by Gasteiger charge is -2.67. The Hall–Kier alpha value is -6.39. The monoisotopic (exact) mass is 1590 g/mol. The van der Waals surface area contributed by atoms with Crippen LogP contribution in [0.15, 0.2) is 102 Å². The van der Waals surface area contributed by atoms with E-state index in [1.54, 1.807) is 89.2 Å². The van der Waals surface area contributed by atoms with Gasteiger partial charge in [0.1, 0.15) is 47.7 Å². The molecule has 7 rings (SSSR count). The average Bonchev–Trinajstić information content (AvgIpc) is 0.670. The number of alkyl carbamates (subject to hydrolysis) is 1. The number of sulfone groups is 1. The normalized spacial score (nSPS) is 24.9. The van der Waals surface area contributed by atoms with Crippen molar-refractivity contribution >= 4 is 117 Å². The molecule has 1 unspecified atom stereocenters. The zero-order valence-electron chi connectivity index (χ0n) is 59.2. The van der Waals surface area contributed by atoms with E-state index >= 15 is 0 Å². The third-order valence-electron chi connectivity index (χ3n) is 19.0. The molecule has 11 N–H and O–H groups in total. The van der Waals surface area contributed by atoms with Crippen molar-refractivity contribution in [2.45, 2.75) is 159 Å². The average molecular weight is 1600 g/mol. The summed E-state index contributed by atoms with van der Waals surface area (Å²) in [6.07, 6.45) is -12.3. The Labute approximate surface area is 628 Å². The first-order chi connectivity index (χ1) is 49.1. The van der Waals surface area contributed by atoms with E-state index in [-0.39, 0.29) is 91.4 Å². The van der Waals surface area contributed by atoms with Crippen LogP contribution in [-0.4, -0.2) is 242 Å². The molecule has 2 saturated carbocycles. The molecule has 582 valence electrons. The molecule has 14 atom stereocenters. The first-order valence-corrected chi connectivity index (χ1v) is 39.0. The number of esters is 3. The van der Waals surface area contributed by atoms with E-state index in [9.17, 15) is 81.7 Å². The second-order valence-corrected chi connectivity index (χ2v) is 33.6. The van der Waals surface area contributed by atoms with E-state index in [2.05, 4.69) is 16.0 Å². The number of fused-ring (bicyclic) bond motifs is 5. The standard InChI is InChI=1S/C43H53NO14.C26H40Cl4N5O10PS/c1-22-26(55-37(51)32(48)30(24-15-11-9-12-16-24)44-38(52)58-39(3,4)5)20-43(53)35(56-36(50)25-17-13-10-14-18-25)33-41(8,34(49)31(47)29(22)40(43,6)7)27(46)19-28-42(33,21-54-28)57-23(2)45;27-8-12-34(13-9-28)46(42,35(14-10-29)15-11-30)45-16-17-47(43,44)18-21(32-22(36)7-6-20(31)25(38)39)24(37)33-23(26(40)41)19-4-2-1-3-5-19/h9-18,26-28,30-33,35,46-48,53H,19-21H2,1-8H3,(H,44,52);1-5,20-21,23H,6-18,31H2,(H,32,36)(H,33,37)(H,38,39)(H,40,41)/t26-,27-,28+,30-,31+,32+,33?,35-,41+,42-,43+;20-,21-,23+/m00/s1. The highest BCUT2D eigenvalue weighted by Crippen LogP contribution is 2.64. The van der Waals surface area contributed by atoms with Gasteiger partial charge in [0, 0.05) is 81.3 Å². The number of amides is 3. The maximum Gasteiger partial charge on any atom is 0.408 e. The van der Waals surface area contributed by atoms with Crippen molar-refractivity contribution in [1.29, 1.82) is 0 Å². The lowest BCUT2D eigenvalue weighted by molar-refractivity contribution is -0.346. The summed E-state index contributed by atoms with van der Waals surface area (Å²) >= 11 is 23.6. The molecule has 0 radical (unpaired) electrons. The molecule has 3 amide bonds. The van der Waals surface area contributed by atoms with Crippen molar-refractivity contribution in [2.75, 3.05) is 74.4 Å². The number of carboxylic acid groups (broad SMARTS) is 2. The molecule has 105 heavy (non-hydrogen) atoms. The molecule has 3 aromatic rings. The molecule has 1 aliphatic heterocycles. The first-order valence-electron chi connectivity index (χ1n) is 33.5. The van der Waals surface area contributed by atoms with Gasteiger partial charge in [-0.3, -0.25) is 28.5 Å². The number of alkyl halides is 4. The van der Waals surface area contributed by atoms with E-state index in [0.29, 0.717) is 5.56 Å². The maximum atomic E-state index is 14.9. The number of aliphatic carboxylic acids is 2. The molecule has 3 aromatic carbocycles. The number of nitrogens with zero attached hydrogens (tertiary/aromatic N) is 2. The van der Waals surface area contributed by atoms with Crippen LogP contribution in [0.4, 0.5) is 4.79 Å². The van der Waals surface area contributed by atoms with Crippen molar-refractivity contribution in [3.63, 3.8) is 0 Å². The Balaban J connectivity index is 0.000000338. The van der Waals surface area contributed by atoms with Crippen LogP contribution in [0.3, 0.4) is 0 Å². The molecule has 1 heterocycles. The Morgan fingerprint density at radius 1 is 0.790 bits per heavy atom. The van der Waals surface area contributed by atoms with Crippen LogP contribution in [0.5, 0.6) is 0 Å².